The van der Waals surface area contributed by atoms with Gasteiger partial charge in [-0.25, -0.2) is 0 Å². The summed E-state index contributed by atoms with van der Waals surface area (Å²) in [6, 6.07) is 0. The third-order valence-corrected chi connectivity index (χ3v) is 3.28. The van der Waals surface area contributed by atoms with Crippen LogP contribution < -0.4 is 5.73 Å². The number of hydrogen-bond acceptors (Lipinski definition) is 2. The van der Waals surface area contributed by atoms with Crippen LogP contribution in [0.4, 0.5) is 13.2 Å². The molecule has 1 rings (SSSR count). The average molecular weight is 225 g/mol. The molecule has 5 heteroatoms. The SMILES string of the molecule is NCCCC1CCCCC1(O)C(F)(F)F. The first-order valence-electron chi connectivity index (χ1n) is 5.41. The van der Waals surface area contributed by atoms with Crippen LogP contribution in [0.1, 0.15) is 38.5 Å². The third-order valence-electron chi connectivity index (χ3n) is 3.28. The van der Waals surface area contributed by atoms with E-state index in [2.05, 4.69) is 0 Å². The van der Waals surface area contributed by atoms with E-state index < -0.39 is 17.7 Å². The molecule has 1 aliphatic carbocycles. The van der Waals surface area contributed by atoms with E-state index in [1.165, 1.54) is 0 Å². The van der Waals surface area contributed by atoms with Gasteiger partial charge >= 0.3 is 6.18 Å². The van der Waals surface area contributed by atoms with E-state index in [9.17, 15) is 18.3 Å². The van der Waals surface area contributed by atoms with E-state index in [4.69, 9.17) is 5.73 Å². The van der Waals surface area contributed by atoms with Gasteiger partial charge in [-0.3, -0.25) is 0 Å². The van der Waals surface area contributed by atoms with Crippen LogP contribution >= 0.6 is 0 Å². The van der Waals surface area contributed by atoms with Crippen molar-refractivity contribution in [2.24, 2.45) is 11.7 Å². The minimum absolute atomic E-state index is 0.161. The molecule has 0 radical (unpaired) electrons. The highest BCUT2D eigenvalue weighted by Gasteiger charge is 2.58. The zero-order valence-electron chi connectivity index (χ0n) is 8.69. The zero-order chi connectivity index (χ0) is 11.5. The van der Waals surface area contributed by atoms with Crippen molar-refractivity contribution in [2.75, 3.05) is 6.54 Å². The summed E-state index contributed by atoms with van der Waals surface area (Å²) in [6.07, 6.45) is -2.08. The van der Waals surface area contributed by atoms with Crippen LogP contribution in [0.2, 0.25) is 0 Å². The van der Waals surface area contributed by atoms with Crippen molar-refractivity contribution in [3.8, 4) is 0 Å². The minimum atomic E-state index is -4.51. The molecule has 1 fully saturated rings. The number of alkyl halides is 3. The molecule has 0 bridgehead atoms. The van der Waals surface area contributed by atoms with Crippen LogP contribution in [0.25, 0.3) is 0 Å². The topological polar surface area (TPSA) is 46.2 Å². The second-order valence-electron chi connectivity index (χ2n) is 4.30. The molecule has 2 atom stereocenters. The van der Waals surface area contributed by atoms with E-state index in [1.54, 1.807) is 0 Å². The molecule has 0 spiro atoms. The smallest absolute Gasteiger partial charge is 0.380 e. The number of halogens is 3. The van der Waals surface area contributed by atoms with Crippen molar-refractivity contribution in [3.05, 3.63) is 0 Å². The molecular weight excluding hydrogens is 207 g/mol. The number of aliphatic hydroxyl groups is 1. The summed E-state index contributed by atoms with van der Waals surface area (Å²) in [5, 5.41) is 9.73. The molecule has 0 aromatic carbocycles. The molecule has 15 heavy (non-hydrogen) atoms. The fourth-order valence-corrected chi connectivity index (χ4v) is 2.35. The molecule has 0 amide bonds. The Morgan fingerprint density at radius 2 is 2.00 bits per heavy atom. The first-order chi connectivity index (χ1) is 6.92. The second-order valence-corrected chi connectivity index (χ2v) is 4.30. The van der Waals surface area contributed by atoms with Gasteiger partial charge in [0.1, 0.15) is 0 Å². The highest BCUT2D eigenvalue weighted by atomic mass is 19.4. The monoisotopic (exact) mass is 225 g/mol. The van der Waals surface area contributed by atoms with Gasteiger partial charge in [-0.1, -0.05) is 12.8 Å². The van der Waals surface area contributed by atoms with Crippen molar-refractivity contribution in [1.82, 2.24) is 0 Å². The lowest BCUT2D eigenvalue weighted by Crippen LogP contribution is -2.53. The number of nitrogens with two attached hydrogens (primary N) is 1. The van der Waals surface area contributed by atoms with E-state index >= 15 is 0 Å². The predicted octanol–water partition coefficient (Wildman–Crippen LogP) is 2.21. The molecule has 90 valence electrons. The Hall–Kier alpha value is -0.290. The molecule has 1 aliphatic rings. The van der Waals surface area contributed by atoms with Gasteiger partial charge in [0, 0.05) is 0 Å². The molecule has 0 saturated heterocycles. The molecule has 2 unspecified atom stereocenters. The van der Waals surface area contributed by atoms with Crippen molar-refractivity contribution in [1.29, 1.82) is 0 Å². The number of rotatable bonds is 3. The van der Waals surface area contributed by atoms with Gasteiger partial charge in [0.15, 0.2) is 5.60 Å². The maximum absolute atomic E-state index is 12.7. The lowest BCUT2D eigenvalue weighted by atomic mass is 9.73. The summed E-state index contributed by atoms with van der Waals surface area (Å²) >= 11 is 0. The van der Waals surface area contributed by atoms with Gasteiger partial charge in [-0.05, 0) is 38.1 Å². The lowest BCUT2D eigenvalue weighted by molar-refractivity contribution is -0.289. The Morgan fingerprint density at radius 1 is 1.33 bits per heavy atom. The van der Waals surface area contributed by atoms with Gasteiger partial charge in [-0.2, -0.15) is 13.2 Å². The third kappa shape index (κ3) is 2.64. The van der Waals surface area contributed by atoms with Crippen molar-refractivity contribution >= 4 is 0 Å². The van der Waals surface area contributed by atoms with Crippen LogP contribution in [0.5, 0.6) is 0 Å². The maximum atomic E-state index is 12.7. The number of hydrogen-bond donors (Lipinski definition) is 2. The Balaban J connectivity index is 2.72. The van der Waals surface area contributed by atoms with Crippen LogP contribution in [-0.4, -0.2) is 23.4 Å². The van der Waals surface area contributed by atoms with Crippen molar-refractivity contribution in [3.63, 3.8) is 0 Å². The summed E-state index contributed by atoms with van der Waals surface area (Å²) in [5.41, 5.74) is 2.81. The van der Waals surface area contributed by atoms with Crippen LogP contribution in [0, 0.1) is 5.92 Å². The molecule has 2 nitrogen and oxygen atoms in total. The summed E-state index contributed by atoms with van der Waals surface area (Å²) < 4.78 is 38.2. The van der Waals surface area contributed by atoms with Gasteiger partial charge in [0.05, 0.1) is 0 Å². The Kier molecular flexibility index (Phi) is 4.00. The lowest BCUT2D eigenvalue weighted by Gasteiger charge is -2.41. The summed E-state index contributed by atoms with van der Waals surface area (Å²) in [5.74, 6) is -0.671. The summed E-state index contributed by atoms with van der Waals surface area (Å²) in [6.45, 7) is 0.379. The summed E-state index contributed by atoms with van der Waals surface area (Å²) in [7, 11) is 0. The van der Waals surface area contributed by atoms with Crippen molar-refractivity contribution in [2.45, 2.75) is 50.3 Å². The predicted molar refractivity (Wildman–Crippen MR) is 51.3 cm³/mol. The van der Waals surface area contributed by atoms with E-state index in [-0.39, 0.29) is 6.42 Å². The second kappa shape index (κ2) is 4.70. The Labute approximate surface area is 87.6 Å². The van der Waals surface area contributed by atoms with E-state index in [1.807, 2.05) is 0 Å². The largest absolute Gasteiger partial charge is 0.417 e. The quantitative estimate of drug-likeness (QED) is 0.773. The van der Waals surface area contributed by atoms with Gasteiger partial charge in [-0.15, -0.1) is 0 Å². The van der Waals surface area contributed by atoms with Gasteiger partial charge < -0.3 is 10.8 Å². The van der Waals surface area contributed by atoms with E-state index in [0.717, 1.165) is 6.42 Å². The Bertz CT molecular complexity index is 207. The molecular formula is C10H18F3NO. The first-order valence-corrected chi connectivity index (χ1v) is 5.41. The van der Waals surface area contributed by atoms with Crippen LogP contribution in [0.15, 0.2) is 0 Å². The maximum Gasteiger partial charge on any atom is 0.417 e. The Morgan fingerprint density at radius 3 is 2.53 bits per heavy atom. The molecule has 1 saturated carbocycles. The van der Waals surface area contributed by atoms with Gasteiger partial charge in [0.25, 0.3) is 0 Å². The normalized spacial score (nSPS) is 33.0. The highest BCUT2D eigenvalue weighted by molar-refractivity contribution is 4.95. The standard InChI is InChI=1S/C10H18F3NO/c11-10(12,13)9(15)6-2-1-4-8(9)5-3-7-14/h8,15H,1-7,14H2. The summed E-state index contributed by atoms with van der Waals surface area (Å²) in [4.78, 5) is 0. The molecule has 0 aromatic heterocycles. The van der Waals surface area contributed by atoms with Crippen LogP contribution in [0.3, 0.4) is 0 Å². The fourth-order valence-electron chi connectivity index (χ4n) is 2.35. The molecule has 0 aliphatic heterocycles. The zero-order valence-corrected chi connectivity index (χ0v) is 8.69. The fraction of sp³-hybridized carbons (Fsp3) is 1.00. The van der Waals surface area contributed by atoms with Crippen LogP contribution in [-0.2, 0) is 0 Å². The molecule has 0 aromatic rings. The highest BCUT2D eigenvalue weighted by Crippen LogP contribution is 2.46. The average Bonchev–Trinajstić information content (AvgIpc) is 2.15. The molecule has 0 heterocycles. The molecule has 3 N–H and O–H groups in total. The van der Waals surface area contributed by atoms with Crippen molar-refractivity contribution < 1.29 is 18.3 Å². The first kappa shape index (κ1) is 12.8. The van der Waals surface area contributed by atoms with E-state index in [0.29, 0.717) is 32.2 Å². The van der Waals surface area contributed by atoms with Gasteiger partial charge in [0.2, 0.25) is 0 Å². The minimum Gasteiger partial charge on any atom is -0.380 e.